The molecule has 7 nitrogen and oxygen atoms in total. The summed E-state index contributed by atoms with van der Waals surface area (Å²) >= 11 is 0. The van der Waals surface area contributed by atoms with E-state index < -0.39 is 18.3 Å². The number of hydrogen-bond donors (Lipinski definition) is 3. The second kappa shape index (κ2) is 6.26. The number of rotatable bonds is 4. The SMILES string of the molecule is Cc1ccc(B2OC(C)(C)C(C)(C)O2)cc1N/N=C(\C#N)C(=N)N. The zero-order valence-corrected chi connectivity index (χ0v) is 14.6. The van der Waals surface area contributed by atoms with Gasteiger partial charge in [0.2, 0.25) is 5.71 Å². The van der Waals surface area contributed by atoms with Gasteiger partial charge in [-0.2, -0.15) is 10.4 Å². The lowest BCUT2D eigenvalue weighted by Gasteiger charge is -2.32. The summed E-state index contributed by atoms with van der Waals surface area (Å²) in [6.45, 7) is 9.90. The van der Waals surface area contributed by atoms with Crippen LogP contribution in [0.3, 0.4) is 0 Å². The van der Waals surface area contributed by atoms with Crippen LogP contribution in [0.15, 0.2) is 23.3 Å². The normalized spacial score (nSPS) is 19.0. The summed E-state index contributed by atoms with van der Waals surface area (Å²) in [5.74, 6) is -0.384. The van der Waals surface area contributed by atoms with E-state index in [2.05, 4.69) is 10.5 Å². The summed E-state index contributed by atoms with van der Waals surface area (Å²) in [5.41, 5.74) is 9.53. The molecule has 8 heteroatoms. The van der Waals surface area contributed by atoms with E-state index in [-0.39, 0.29) is 11.5 Å². The van der Waals surface area contributed by atoms with Gasteiger partial charge in [0.1, 0.15) is 6.07 Å². The Balaban J connectivity index is 2.27. The van der Waals surface area contributed by atoms with Crippen molar-refractivity contribution in [3.63, 3.8) is 0 Å². The number of nitrogens with zero attached hydrogens (tertiary/aromatic N) is 2. The van der Waals surface area contributed by atoms with E-state index in [9.17, 15) is 0 Å². The third kappa shape index (κ3) is 3.42. The predicted molar refractivity (Wildman–Crippen MR) is 95.5 cm³/mol. The number of nitrogens with two attached hydrogens (primary N) is 1. The highest BCUT2D eigenvalue weighted by Gasteiger charge is 2.51. The second-order valence-corrected chi connectivity index (χ2v) is 6.76. The lowest BCUT2D eigenvalue weighted by molar-refractivity contribution is 0.00578. The fraction of sp³-hybridized carbons (Fsp3) is 0.438. The minimum atomic E-state index is -0.483. The van der Waals surface area contributed by atoms with Crippen LogP contribution in [0.1, 0.15) is 33.3 Å². The van der Waals surface area contributed by atoms with Crippen LogP contribution < -0.4 is 16.6 Å². The Hall–Kier alpha value is -2.37. The molecule has 126 valence electrons. The Labute approximate surface area is 142 Å². The standard InChI is InChI=1S/C16H22BN5O2/c1-10-6-7-11(17-23-15(2,3)16(4,5)24-17)8-12(10)21-22-13(9-18)14(19)20/h6-8,21H,1-5H3,(H3,19,20)/b22-13+. The van der Waals surface area contributed by atoms with Crippen LogP contribution >= 0.6 is 0 Å². The largest absolute Gasteiger partial charge is 0.494 e. The van der Waals surface area contributed by atoms with Gasteiger partial charge in [0, 0.05) is 0 Å². The minimum Gasteiger partial charge on any atom is -0.399 e. The molecular weight excluding hydrogens is 305 g/mol. The topological polar surface area (TPSA) is 117 Å². The smallest absolute Gasteiger partial charge is 0.399 e. The number of aryl methyl sites for hydroxylation is 1. The maximum absolute atomic E-state index is 8.90. The van der Waals surface area contributed by atoms with Gasteiger partial charge in [0.05, 0.1) is 16.9 Å². The van der Waals surface area contributed by atoms with Crippen molar-refractivity contribution in [1.82, 2.24) is 0 Å². The number of nitrogens with one attached hydrogen (secondary N) is 2. The van der Waals surface area contributed by atoms with E-state index in [1.165, 1.54) is 0 Å². The number of nitriles is 1. The summed E-state index contributed by atoms with van der Waals surface area (Å²) in [7, 11) is -0.483. The molecule has 0 aliphatic carbocycles. The Kier molecular flexibility index (Phi) is 4.69. The van der Waals surface area contributed by atoms with Gasteiger partial charge in [-0.25, -0.2) is 0 Å². The van der Waals surface area contributed by atoms with Crippen LogP contribution in [0.5, 0.6) is 0 Å². The highest BCUT2D eigenvalue weighted by molar-refractivity contribution is 6.62. The van der Waals surface area contributed by atoms with Crippen molar-refractivity contribution in [2.24, 2.45) is 10.8 Å². The van der Waals surface area contributed by atoms with Crippen LogP contribution in [0.25, 0.3) is 0 Å². The van der Waals surface area contributed by atoms with Crippen molar-refractivity contribution in [2.75, 3.05) is 5.43 Å². The minimum absolute atomic E-state index is 0.171. The molecule has 24 heavy (non-hydrogen) atoms. The average Bonchev–Trinajstić information content (AvgIpc) is 2.69. The lowest BCUT2D eigenvalue weighted by Crippen LogP contribution is -2.41. The first-order valence-electron chi connectivity index (χ1n) is 7.62. The van der Waals surface area contributed by atoms with Gasteiger partial charge >= 0.3 is 7.12 Å². The quantitative estimate of drug-likeness (QED) is 0.335. The Morgan fingerprint density at radius 3 is 2.38 bits per heavy atom. The fourth-order valence-corrected chi connectivity index (χ4v) is 2.15. The summed E-state index contributed by atoms with van der Waals surface area (Å²) < 4.78 is 12.1. The average molecular weight is 327 g/mol. The van der Waals surface area contributed by atoms with Crippen LogP contribution in [0.2, 0.25) is 0 Å². The first-order valence-corrected chi connectivity index (χ1v) is 7.62. The highest BCUT2D eigenvalue weighted by Crippen LogP contribution is 2.36. The summed E-state index contributed by atoms with van der Waals surface area (Å²) in [4.78, 5) is 0. The molecule has 1 fully saturated rings. The Morgan fingerprint density at radius 2 is 1.88 bits per heavy atom. The molecule has 1 aromatic carbocycles. The Bertz CT molecular complexity index is 720. The van der Waals surface area contributed by atoms with Gasteiger partial charge in [-0.1, -0.05) is 12.1 Å². The van der Waals surface area contributed by atoms with Gasteiger partial charge in [0.25, 0.3) is 0 Å². The van der Waals surface area contributed by atoms with Crippen LogP contribution in [0.4, 0.5) is 5.69 Å². The molecule has 0 amide bonds. The molecule has 0 atom stereocenters. The molecule has 1 aliphatic rings. The number of hydrogen-bond acceptors (Lipinski definition) is 6. The van der Waals surface area contributed by atoms with E-state index in [4.69, 9.17) is 25.7 Å². The number of hydrazone groups is 1. The first-order chi connectivity index (χ1) is 11.1. The molecule has 1 heterocycles. The second-order valence-electron chi connectivity index (χ2n) is 6.76. The highest BCUT2D eigenvalue weighted by atomic mass is 16.7. The van der Waals surface area contributed by atoms with Crippen molar-refractivity contribution in [2.45, 2.75) is 45.8 Å². The third-order valence-electron chi connectivity index (χ3n) is 4.44. The van der Waals surface area contributed by atoms with Gasteiger partial charge in [-0.05, 0) is 51.7 Å². The summed E-state index contributed by atoms with van der Waals surface area (Å²) in [6, 6.07) is 7.48. The van der Waals surface area contributed by atoms with Gasteiger partial charge in [0.15, 0.2) is 5.84 Å². The zero-order valence-electron chi connectivity index (χ0n) is 14.6. The van der Waals surface area contributed by atoms with Gasteiger partial charge in [-0.15, -0.1) is 0 Å². The van der Waals surface area contributed by atoms with E-state index in [0.29, 0.717) is 5.69 Å². The number of anilines is 1. The molecule has 1 aliphatic heterocycles. The monoisotopic (exact) mass is 327 g/mol. The molecular formula is C16H22BN5O2. The Morgan fingerprint density at radius 1 is 1.29 bits per heavy atom. The zero-order chi connectivity index (χ0) is 18.1. The number of amidine groups is 1. The van der Waals surface area contributed by atoms with Crippen molar-refractivity contribution in [3.8, 4) is 6.07 Å². The van der Waals surface area contributed by atoms with Crippen molar-refractivity contribution >= 4 is 29.8 Å². The van der Waals surface area contributed by atoms with Crippen LogP contribution in [-0.2, 0) is 9.31 Å². The van der Waals surface area contributed by atoms with Crippen molar-refractivity contribution in [3.05, 3.63) is 23.8 Å². The molecule has 2 rings (SSSR count). The molecule has 0 unspecified atom stereocenters. The fourth-order valence-electron chi connectivity index (χ4n) is 2.15. The van der Waals surface area contributed by atoms with E-state index in [0.717, 1.165) is 11.0 Å². The molecule has 4 N–H and O–H groups in total. The maximum atomic E-state index is 8.90. The van der Waals surface area contributed by atoms with Crippen molar-refractivity contribution < 1.29 is 9.31 Å². The van der Waals surface area contributed by atoms with Crippen LogP contribution in [0, 0.1) is 23.7 Å². The van der Waals surface area contributed by atoms with E-state index >= 15 is 0 Å². The molecule has 1 aromatic rings. The van der Waals surface area contributed by atoms with E-state index in [1.807, 2.05) is 52.8 Å². The molecule has 0 spiro atoms. The molecule has 1 saturated heterocycles. The lowest BCUT2D eigenvalue weighted by atomic mass is 9.78. The van der Waals surface area contributed by atoms with Gasteiger partial charge in [-0.3, -0.25) is 10.8 Å². The molecule has 0 aromatic heterocycles. The van der Waals surface area contributed by atoms with Crippen molar-refractivity contribution in [1.29, 1.82) is 10.7 Å². The first kappa shape index (κ1) is 18.0. The van der Waals surface area contributed by atoms with E-state index in [1.54, 1.807) is 6.07 Å². The number of benzene rings is 1. The maximum Gasteiger partial charge on any atom is 0.494 e. The molecule has 0 bridgehead atoms. The molecule has 0 saturated carbocycles. The third-order valence-corrected chi connectivity index (χ3v) is 4.44. The summed E-state index contributed by atoms with van der Waals surface area (Å²) in [5, 5.41) is 20.1. The van der Waals surface area contributed by atoms with Crippen LogP contribution in [-0.4, -0.2) is 29.9 Å². The molecule has 0 radical (unpaired) electrons. The summed E-state index contributed by atoms with van der Waals surface area (Å²) in [6.07, 6.45) is 0. The predicted octanol–water partition coefficient (Wildman–Crippen LogP) is 1.52. The van der Waals surface area contributed by atoms with Gasteiger partial charge < -0.3 is 15.0 Å².